The van der Waals surface area contributed by atoms with Crippen LogP contribution >= 0.6 is 15.9 Å². The Morgan fingerprint density at radius 2 is 1.86 bits per heavy atom. The lowest BCUT2D eigenvalue weighted by atomic mass is 10.2. The molecule has 0 radical (unpaired) electrons. The molecule has 0 unspecified atom stereocenters. The number of para-hydroxylation sites is 1. The van der Waals surface area contributed by atoms with Crippen LogP contribution in [0.4, 0.5) is 11.4 Å². The number of anilines is 2. The molecule has 0 aliphatic carbocycles. The molecule has 0 fully saturated rings. The van der Waals surface area contributed by atoms with Crippen LogP contribution in [0.3, 0.4) is 0 Å². The first-order valence-electron chi connectivity index (χ1n) is 8.65. The van der Waals surface area contributed by atoms with Crippen LogP contribution in [0.25, 0.3) is 5.69 Å². The van der Waals surface area contributed by atoms with Crippen LogP contribution in [0.5, 0.6) is 0 Å². The predicted molar refractivity (Wildman–Crippen MR) is 113 cm³/mol. The fraction of sp³-hybridized carbons (Fsp3) is 0.150. The average molecular weight is 459 g/mol. The molecule has 1 heterocycles. The highest BCUT2D eigenvalue weighted by Crippen LogP contribution is 2.19. The molecule has 0 spiro atoms. The monoisotopic (exact) mass is 458 g/mol. The molecule has 1 amide bonds. The van der Waals surface area contributed by atoms with Gasteiger partial charge < -0.3 is 15.8 Å². The number of amides is 1. The molecule has 0 aliphatic heterocycles. The van der Waals surface area contributed by atoms with E-state index in [4.69, 9.17) is 10.5 Å². The fourth-order valence-corrected chi connectivity index (χ4v) is 3.16. The second kappa shape index (κ2) is 8.36. The molecule has 9 heteroatoms. The van der Waals surface area contributed by atoms with Gasteiger partial charge in [0.2, 0.25) is 0 Å². The molecule has 0 aliphatic rings. The minimum absolute atomic E-state index is 0.124. The summed E-state index contributed by atoms with van der Waals surface area (Å²) >= 11 is 3.25. The van der Waals surface area contributed by atoms with Gasteiger partial charge >= 0.3 is 5.97 Å². The van der Waals surface area contributed by atoms with Crippen LogP contribution in [-0.4, -0.2) is 27.8 Å². The lowest BCUT2D eigenvalue weighted by Crippen LogP contribution is -2.26. The maximum absolute atomic E-state index is 12.8. The van der Waals surface area contributed by atoms with Gasteiger partial charge in [-0.2, -0.15) is 0 Å². The molecule has 8 nitrogen and oxygen atoms in total. The highest BCUT2D eigenvalue weighted by Gasteiger charge is 2.19. The number of benzene rings is 2. The van der Waals surface area contributed by atoms with Crippen LogP contribution in [-0.2, 0) is 16.6 Å². The molecule has 1 aromatic heterocycles. The number of rotatable bonds is 5. The molecule has 0 bridgehead atoms. The van der Waals surface area contributed by atoms with Gasteiger partial charge in [0, 0.05) is 17.2 Å². The highest BCUT2D eigenvalue weighted by atomic mass is 79.9. The normalized spacial score (nSPS) is 10.6. The summed E-state index contributed by atoms with van der Waals surface area (Å²) in [5.41, 5.74) is 7.13. The second-order valence-corrected chi connectivity index (χ2v) is 7.21. The van der Waals surface area contributed by atoms with Crippen molar-refractivity contribution >= 4 is 39.2 Å². The Hall–Kier alpha value is -3.33. The van der Waals surface area contributed by atoms with E-state index in [9.17, 15) is 14.4 Å². The minimum Gasteiger partial charge on any atom is -0.452 e. The van der Waals surface area contributed by atoms with E-state index in [2.05, 4.69) is 21.2 Å². The van der Waals surface area contributed by atoms with E-state index in [1.807, 2.05) is 18.2 Å². The van der Waals surface area contributed by atoms with Crippen molar-refractivity contribution < 1.29 is 14.3 Å². The second-order valence-electron chi connectivity index (χ2n) is 6.29. The summed E-state index contributed by atoms with van der Waals surface area (Å²) in [5, 5.41) is 2.53. The predicted octanol–water partition coefficient (Wildman–Crippen LogP) is 2.62. The molecule has 0 saturated carbocycles. The van der Waals surface area contributed by atoms with E-state index in [-0.39, 0.29) is 22.5 Å². The molecular weight excluding hydrogens is 440 g/mol. The number of hydrogen-bond donors (Lipinski definition) is 2. The molecule has 0 saturated heterocycles. The first-order chi connectivity index (χ1) is 13.8. The third-order valence-corrected chi connectivity index (χ3v) is 4.88. The number of carbonyl (C=O) groups is 2. The van der Waals surface area contributed by atoms with E-state index in [0.29, 0.717) is 15.9 Å². The topological polar surface area (TPSA) is 108 Å². The molecule has 29 heavy (non-hydrogen) atoms. The summed E-state index contributed by atoms with van der Waals surface area (Å²) in [7, 11) is 1.72. The largest absolute Gasteiger partial charge is 0.452 e. The number of nitrogens with two attached hydrogens (primary N) is 1. The number of esters is 1. The Labute approximate surface area is 175 Å². The molecule has 2 aromatic carbocycles. The smallest absolute Gasteiger partial charge is 0.340 e. The van der Waals surface area contributed by atoms with Crippen molar-refractivity contribution in [3.05, 3.63) is 74.6 Å². The van der Waals surface area contributed by atoms with Gasteiger partial charge in [-0.15, -0.1) is 0 Å². The fourth-order valence-electron chi connectivity index (χ4n) is 2.80. The number of ether oxygens (including phenoxy) is 1. The standard InChI is InChI=1S/C20H19BrN4O4/c1-12-18(19(27)25(24(12)2)14-6-4-3-5-7-14)23-17(26)11-29-20(28)15-10-13(21)8-9-16(15)22/h3-10H,11,22H2,1-2H3,(H,23,26). The van der Waals surface area contributed by atoms with Crippen LogP contribution in [0.15, 0.2) is 57.8 Å². The van der Waals surface area contributed by atoms with Gasteiger partial charge in [0.1, 0.15) is 5.69 Å². The molecule has 3 rings (SSSR count). The van der Waals surface area contributed by atoms with Crippen LogP contribution < -0.4 is 16.6 Å². The number of aromatic nitrogens is 2. The molecular formula is C20H19BrN4O4. The van der Waals surface area contributed by atoms with Crippen LogP contribution in [0, 0.1) is 6.92 Å². The Bertz CT molecular complexity index is 1140. The van der Waals surface area contributed by atoms with Crippen molar-refractivity contribution in [3.8, 4) is 5.69 Å². The Balaban J connectivity index is 1.74. The number of nitrogens with zero attached hydrogens (tertiary/aromatic N) is 2. The maximum Gasteiger partial charge on any atom is 0.340 e. The average Bonchev–Trinajstić information content (AvgIpc) is 2.92. The number of halogens is 1. The van der Waals surface area contributed by atoms with Crippen molar-refractivity contribution in [1.82, 2.24) is 9.36 Å². The zero-order valence-electron chi connectivity index (χ0n) is 15.8. The van der Waals surface area contributed by atoms with Gasteiger partial charge in [-0.25, -0.2) is 9.48 Å². The highest BCUT2D eigenvalue weighted by molar-refractivity contribution is 9.10. The first-order valence-corrected chi connectivity index (χ1v) is 9.45. The summed E-state index contributed by atoms with van der Waals surface area (Å²) < 4.78 is 8.77. The number of carbonyl (C=O) groups excluding carboxylic acids is 2. The summed E-state index contributed by atoms with van der Waals surface area (Å²) in [6.07, 6.45) is 0. The van der Waals surface area contributed by atoms with Gasteiger partial charge in [0.05, 0.1) is 16.9 Å². The van der Waals surface area contributed by atoms with Crippen molar-refractivity contribution in [3.63, 3.8) is 0 Å². The lowest BCUT2D eigenvalue weighted by molar-refractivity contribution is -0.119. The zero-order chi connectivity index (χ0) is 21.1. The molecule has 3 aromatic rings. The van der Waals surface area contributed by atoms with Crippen LogP contribution in [0.2, 0.25) is 0 Å². The summed E-state index contributed by atoms with van der Waals surface area (Å²) in [5.74, 6) is -1.36. The number of nitrogens with one attached hydrogen (secondary N) is 1. The SMILES string of the molecule is Cc1c(NC(=O)COC(=O)c2cc(Br)ccc2N)c(=O)n(-c2ccccc2)n1C. The summed E-state index contributed by atoms with van der Waals surface area (Å²) in [6.45, 7) is 1.16. The molecule has 150 valence electrons. The van der Waals surface area contributed by atoms with Crippen molar-refractivity contribution in [2.75, 3.05) is 17.7 Å². The van der Waals surface area contributed by atoms with Gasteiger partial charge in [-0.3, -0.25) is 14.3 Å². The quantitative estimate of drug-likeness (QED) is 0.451. The van der Waals surface area contributed by atoms with E-state index < -0.39 is 18.5 Å². The van der Waals surface area contributed by atoms with Crippen molar-refractivity contribution in [2.24, 2.45) is 7.05 Å². The zero-order valence-corrected chi connectivity index (χ0v) is 17.4. The van der Waals surface area contributed by atoms with Gasteiger partial charge in [-0.05, 0) is 37.3 Å². The van der Waals surface area contributed by atoms with Crippen LogP contribution in [0.1, 0.15) is 16.1 Å². The Morgan fingerprint density at radius 1 is 1.17 bits per heavy atom. The lowest BCUT2D eigenvalue weighted by Gasteiger charge is -2.08. The molecule has 0 atom stereocenters. The van der Waals surface area contributed by atoms with E-state index in [1.165, 1.54) is 10.7 Å². The van der Waals surface area contributed by atoms with Crippen molar-refractivity contribution in [1.29, 1.82) is 0 Å². The Morgan fingerprint density at radius 3 is 2.55 bits per heavy atom. The molecule has 3 N–H and O–H groups in total. The summed E-state index contributed by atoms with van der Waals surface area (Å²) in [4.78, 5) is 37.2. The number of nitrogen functional groups attached to an aromatic ring is 1. The van der Waals surface area contributed by atoms with Gasteiger partial charge in [0.15, 0.2) is 6.61 Å². The summed E-state index contributed by atoms with van der Waals surface area (Å²) in [6, 6.07) is 13.8. The maximum atomic E-state index is 12.8. The Kier molecular flexibility index (Phi) is 5.88. The number of hydrogen-bond acceptors (Lipinski definition) is 5. The third kappa shape index (κ3) is 4.24. The van der Waals surface area contributed by atoms with E-state index >= 15 is 0 Å². The minimum atomic E-state index is -0.731. The van der Waals surface area contributed by atoms with E-state index in [1.54, 1.807) is 42.9 Å². The van der Waals surface area contributed by atoms with E-state index in [0.717, 1.165) is 0 Å². The van der Waals surface area contributed by atoms with Gasteiger partial charge in [-0.1, -0.05) is 34.1 Å². The van der Waals surface area contributed by atoms with Gasteiger partial charge in [0.25, 0.3) is 11.5 Å². The first kappa shape index (κ1) is 20.4. The third-order valence-electron chi connectivity index (χ3n) is 4.39. The van der Waals surface area contributed by atoms with Crippen molar-refractivity contribution in [2.45, 2.75) is 6.92 Å².